The second-order valence-corrected chi connectivity index (χ2v) is 8.39. The molecule has 0 unspecified atom stereocenters. The van der Waals surface area contributed by atoms with Crippen molar-refractivity contribution in [2.45, 2.75) is 31.5 Å². The molecule has 2 aromatic carbocycles. The predicted octanol–water partition coefficient (Wildman–Crippen LogP) is 4.82. The summed E-state index contributed by atoms with van der Waals surface area (Å²) in [5.74, 6) is 0.565. The lowest BCUT2D eigenvalue weighted by atomic mass is 10.1. The van der Waals surface area contributed by atoms with Gasteiger partial charge in [0.25, 0.3) is 5.91 Å². The van der Waals surface area contributed by atoms with Crippen LogP contribution in [0, 0.1) is 6.92 Å². The van der Waals surface area contributed by atoms with E-state index in [1.54, 1.807) is 49.5 Å². The first-order valence-electron chi connectivity index (χ1n) is 10.2. The summed E-state index contributed by atoms with van der Waals surface area (Å²) in [5.41, 5.74) is 5.51. The van der Waals surface area contributed by atoms with Gasteiger partial charge in [-0.25, -0.2) is 0 Å². The van der Waals surface area contributed by atoms with Gasteiger partial charge < -0.3 is 25.8 Å². The van der Waals surface area contributed by atoms with Crippen LogP contribution in [0.15, 0.2) is 42.6 Å². The number of amides is 1. The smallest absolute Gasteiger partial charge is 0.411 e. The average molecular weight is 491 g/mol. The molecule has 4 N–H and O–H groups in total. The Hall–Kier alpha value is -3.60. The van der Waals surface area contributed by atoms with Gasteiger partial charge in [0.1, 0.15) is 22.8 Å². The van der Waals surface area contributed by atoms with Crippen LogP contribution in [-0.2, 0) is 0 Å². The third-order valence-electron chi connectivity index (χ3n) is 5.61. The van der Waals surface area contributed by atoms with Crippen LogP contribution in [-0.4, -0.2) is 34.8 Å². The number of thiocarbonyl (C=S) groups is 1. The van der Waals surface area contributed by atoms with Crippen molar-refractivity contribution < 1.29 is 27.4 Å². The summed E-state index contributed by atoms with van der Waals surface area (Å²) >= 11 is 5.09. The zero-order valence-corrected chi connectivity index (χ0v) is 19.1. The Morgan fingerprint density at radius 3 is 2.50 bits per heavy atom. The lowest BCUT2D eigenvalue weighted by Crippen LogP contribution is -2.49. The number of aromatic nitrogens is 1. The SMILES string of the molecule is COc1cc2nccc(Oc3ccc(NC(=S)NC4(C(F)(F)F)CC4)c(C)c3)c2cc1C(N)=O. The van der Waals surface area contributed by atoms with Gasteiger partial charge in [0.15, 0.2) is 5.11 Å². The Labute approximate surface area is 198 Å². The van der Waals surface area contributed by atoms with Crippen molar-refractivity contribution in [3.63, 3.8) is 0 Å². The minimum Gasteiger partial charge on any atom is -0.496 e. The van der Waals surface area contributed by atoms with Gasteiger partial charge in [0.05, 0.1) is 18.2 Å². The number of aryl methyl sites for hydroxylation is 1. The van der Waals surface area contributed by atoms with E-state index in [9.17, 15) is 18.0 Å². The number of rotatable bonds is 6. The zero-order chi connectivity index (χ0) is 24.7. The van der Waals surface area contributed by atoms with Gasteiger partial charge in [-0.05, 0) is 67.9 Å². The highest BCUT2D eigenvalue weighted by Gasteiger charge is 2.63. The molecule has 0 atom stereocenters. The third-order valence-corrected chi connectivity index (χ3v) is 5.81. The summed E-state index contributed by atoms with van der Waals surface area (Å²) in [6.07, 6.45) is -2.82. The fourth-order valence-corrected chi connectivity index (χ4v) is 3.85. The quantitative estimate of drug-likeness (QED) is 0.426. The lowest BCUT2D eigenvalue weighted by Gasteiger charge is -2.23. The van der Waals surface area contributed by atoms with Crippen molar-refractivity contribution in [2.75, 3.05) is 12.4 Å². The molecule has 0 bridgehead atoms. The average Bonchev–Trinajstić information content (AvgIpc) is 3.55. The van der Waals surface area contributed by atoms with Gasteiger partial charge in [0, 0.05) is 23.3 Å². The topological polar surface area (TPSA) is 98.5 Å². The number of halogens is 3. The Bertz CT molecular complexity index is 1290. The number of nitrogens with one attached hydrogen (secondary N) is 2. The Balaban J connectivity index is 1.54. The summed E-state index contributed by atoms with van der Waals surface area (Å²) in [5, 5.41) is 5.67. The molecular formula is C23H21F3N4O3S. The van der Waals surface area contributed by atoms with E-state index in [1.165, 1.54) is 7.11 Å². The van der Waals surface area contributed by atoms with Crippen LogP contribution in [0.5, 0.6) is 17.2 Å². The number of methoxy groups -OCH3 is 1. The molecule has 1 aliphatic rings. The molecule has 1 saturated carbocycles. The number of fused-ring (bicyclic) bond motifs is 1. The standard InChI is InChI=1S/C23H21F3N4O3S/c1-12-9-13(3-4-16(12)29-21(34)30-22(6-7-22)23(24,25)26)33-18-5-8-28-17-11-19(32-2)15(20(27)31)10-14(17)18/h3-5,8-11H,6-7H2,1-2H3,(H2,27,31)(H2,29,30,34). The normalized spacial score (nSPS) is 14.4. The van der Waals surface area contributed by atoms with Crippen LogP contribution >= 0.6 is 12.2 Å². The van der Waals surface area contributed by atoms with Crippen molar-refractivity contribution in [3.8, 4) is 17.2 Å². The maximum Gasteiger partial charge on any atom is 0.411 e. The highest BCUT2D eigenvalue weighted by molar-refractivity contribution is 7.80. The van der Waals surface area contributed by atoms with E-state index >= 15 is 0 Å². The molecule has 3 aromatic rings. The first-order valence-corrected chi connectivity index (χ1v) is 10.6. The number of pyridine rings is 1. The second kappa shape index (κ2) is 8.64. The Kier molecular flexibility index (Phi) is 5.98. The highest BCUT2D eigenvalue weighted by atomic mass is 32.1. The summed E-state index contributed by atoms with van der Waals surface area (Å²) in [6.45, 7) is 1.77. The van der Waals surface area contributed by atoms with Crippen LogP contribution in [0.3, 0.4) is 0 Å². The summed E-state index contributed by atoms with van der Waals surface area (Å²) in [4.78, 5) is 16.1. The Morgan fingerprint density at radius 2 is 1.91 bits per heavy atom. The number of hydrogen-bond acceptors (Lipinski definition) is 5. The van der Waals surface area contributed by atoms with Gasteiger partial charge >= 0.3 is 6.18 Å². The maximum atomic E-state index is 13.2. The van der Waals surface area contributed by atoms with Crippen molar-refractivity contribution in [1.82, 2.24) is 10.3 Å². The number of carbonyl (C=O) groups excluding carboxylic acids is 1. The fourth-order valence-electron chi connectivity index (χ4n) is 3.54. The molecule has 0 radical (unpaired) electrons. The monoisotopic (exact) mass is 490 g/mol. The van der Waals surface area contributed by atoms with Crippen molar-refractivity contribution >= 4 is 39.8 Å². The maximum absolute atomic E-state index is 13.2. The molecule has 11 heteroatoms. The molecule has 1 amide bonds. The third kappa shape index (κ3) is 4.56. The van der Waals surface area contributed by atoms with Crippen LogP contribution < -0.4 is 25.8 Å². The van der Waals surface area contributed by atoms with Gasteiger partial charge in [-0.1, -0.05) is 0 Å². The molecule has 0 spiro atoms. The van der Waals surface area contributed by atoms with Gasteiger partial charge in [-0.15, -0.1) is 0 Å². The van der Waals surface area contributed by atoms with Crippen LogP contribution in [0.25, 0.3) is 10.9 Å². The minimum absolute atomic E-state index is 0.00664. The van der Waals surface area contributed by atoms with Gasteiger partial charge in [0.2, 0.25) is 0 Å². The van der Waals surface area contributed by atoms with E-state index in [2.05, 4.69) is 15.6 Å². The molecule has 178 valence electrons. The number of anilines is 1. The Morgan fingerprint density at radius 1 is 1.18 bits per heavy atom. The second-order valence-electron chi connectivity index (χ2n) is 7.98. The molecule has 0 saturated heterocycles. The molecule has 7 nitrogen and oxygen atoms in total. The van der Waals surface area contributed by atoms with E-state index in [-0.39, 0.29) is 23.5 Å². The molecule has 0 aliphatic heterocycles. The number of nitrogens with zero attached hydrogens (tertiary/aromatic N) is 1. The van der Waals surface area contributed by atoms with Crippen molar-refractivity contribution in [3.05, 3.63) is 53.7 Å². The number of nitrogens with two attached hydrogens (primary N) is 1. The molecule has 1 heterocycles. The zero-order valence-electron chi connectivity index (χ0n) is 18.2. The van der Waals surface area contributed by atoms with Crippen molar-refractivity contribution in [1.29, 1.82) is 0 Å². The largest absolute Gasteiger partial charge is 0.496 e. The molecule has 1 aliphatic carbocycles. The van der Waals surface area contributed by atoms with E-state index in [0.717, 1.165) is 0 Å². The fraction of sp³-hybridized carbons (Fsp3) is 0.261. The van der Waals surface area contributed by atoms with Gasteiger partial charge in [-0.3, -0.25) is 9.78 Å². The molecular weight excluding hydrogens is 469 g/mol. The lowest BCUT2D eigenvalue weighted by molar-refractivity contribution is -0.161. The van der Waals surface area contributed by atoms with E-state index in [0.29, 0.717) is 39.4 Å². The molecule has 34 heavy (non-hydrogen) atoms. The van der Waals surface area contributed by atoms with Crippen LogP contribution in [0.1, 0.15) is 28.8 Å². The van der Waals surface area contributed by atoms with E-state index < -0.39 is 17.6 Å². The van der Waals surface area contributed by atoms with Crippen molar-refractivity contribution in [2.24, 2.45) is 5.73 Å². The summed E-state index contributed by atoms with van der Waals surface area (Å²) in [7, 11) is 1.43. The molecule has 1 aromatic heterocycles. The number of carbonyl (C=O) groups is 1. The van der Waals surface area contributed by atoms with Crippen LogP contribution in [0.4, 0.5) is 18.9 Å². The minimum atomic E-state index is -4.36. The number of ether oxygens (including phenoxy) is 2. The number of benzene rings is 2. The van der Waals surface area contributed by atoms with E-state index in [1.807, 2.05) is 0 Å². The number of primary amides is 1. The first-order chi connectivity index (χ1) is 16.0. The molecule has 4 rings (SSSR count). The molecule has 1 fully saturated rings. The number of hydrogen-bond donors (Lipinski definition) is 3. The predicted molar refractivity (Wildman–Crippen MR) is 125 cm³/mol. The first kappa shape index (κ1) is 23.6. The van der Waals surface area contributed by atoms with Crippen LogP contribution in [0.2, 0.25) is 0 Å². The van der Waals surface area contributed by atoms with Gasteiger partial charge in [-0.2, -0.15) is 13.2 Å². The highest BCUT2D eigenvalue weighted by Crippen LogP contribution is 2.49. The number of alkyl halides is 3. The van der Waals surface area contributed by atoms with E-state index in [4.69, 9.17) is 27.4 Å². The summed E-state index contributed by atoms with van der Waals surface area (Å²) in [6, 6.07) is 9.83. The summed E-state index contributed by atoms with van der Waals surface area (Å²) < 4.78 is 50.7.